The second-order valence-electron chi connectivity index (χ2n) is 23.8. The van der Waals surface area contributed by atoms with Crippen LogP contribution >= 0.6 is 0 Å². The van der Waals surface area contributed by atoms with E-state index in [9.17, 15) is 9.59 Å². The summed E-state index contributed by atoms with van der Waals surface area (Å²) in [6.07, 6.45) is 24.3. The van der Waals surface area contributed by atoms with E-state index < -0.39 is 5.97 Å². The van der Waals surface area contributed by atoms with Gasteiger partial charge in [-0.25, -0.2) is 0 Å². The summed E-state index contributed by atoms with van der Waals surface area (Å²) in [6.45, 7) is 7.74. The van der Waals surface area contributed by atoms with Crippen molar-refractivity contribution in [2.45, 2.75) is 167 Å². The third kappa shape index (κ3) is 14.0. The maximum Gasteiger partial charge on any atom is 0.303 e. The van der Waals surface area contributed by atoms with E-state index in [1.54, 1.807) is 0 Å². The van der Waals surface area contributed by atoms with Gasteiger partial charge in [-0.1, -0.05) is 217 Å². The molecule has 0 fully saturated rings. The zero-order chi connectivity index (χ0) is 57.4. The standard InChI is InChI=1S/C77H86N2O4/c1-4-5-6-17-24-59-31-41-67(42-32-59)79-74-26-20-19-25-70(74)71-54-62(38-49-75(71)79)60-33-43-65(44-34-60)78(64-39-28-57(2)29-40-64)66-45-35-61(36-46-66)63-37-48-69-68-47-30-58(3)53-72(68)77(73(69)55-63,50-21-14-10-7-9-13-18-27-76(81)82)51-22-15-11-8-12-16-23-52-83-56-80/h19-20,25-26,28-49,53-56H,4-18,21-24,27,50-52H2,1-3H3,(H,81,82). The molecular formula is C77H86N2O4. The molecule has 9 aromatic rings. The number of benzene rings is 8. The van der Waals surface area contributed by atoms with Crippen LogP contribution in [-0.2, 0) is 26.2 Å². The number of aliphatic carboxylic acids is 1. The lowest BCUT2D eigenvalue weighted by Gasteiger charge is -2.33. The van der Waals surface area contributed by atoms with Gasteiger partial charge in [-0.15, -0.1) is 0 Å². The number of hydrogen-bond donors (Lipinski definition) is 1. The van der Waals surface area contributed by atoms with Crippen LogP contribution in [0, 0.1) is 13.8 Å². The Morgan fingerprint density at radius 3 is 1.63 bits per heavy atom. The van der Waals surface area contributed by atoms with Crippen LogP contribution in [0.15, 0.2) is 176 Å². The first-order valence-corrected chi connectivity index (χ1v) is 31.5. The molecule has 0 aliphatic heterocycles. The summed E-state index contributed by atoms with van der Waals surface area (Å²) in [7, 11) is 0. The molecule has 0 radical (unpaired) electrons. The second kappa shape index (κ2) is 28.5. The average molecular weight is 1100 g/mol. The molecule has 6 heteroatoms. The third-order valence-corrected chi connectivity index (χ3v) is 17.8. The first-order valence-electron chi connectivity index (χ1n) is 31.5. The molecule has 0 spiro atoms. The van der Waals surface area contributed by atoms with Gasteiger partial charge in [0.1, 0.15) is 0 Å². The Bertz CT molecular complexity index is 3560. The summed E-state index contributed by atoms with van der Waals surface area (Å²) < 4.78 is 7.35. The molecule has 8 aromatic carbocycles. The first-order chi connectivity index (χ1) is 40.7. The van der Waals surface area contributed by atoms with Crippen molar-refractivity contribution in [1.29, 1.82) is 0 Å². The summed E-state index contributed by atoms with van der Waals surface area (Å²) >= 11 is 0. The van der Waals surface area contributed by atoms with Gasteiger partial charge in [0.25, 0.3) is 6.47 Å². The zero-order valence-corrected chi connectivity index (χ0v) is 49.7. The number of aromatic nitrogens is 1. The molecule has 1 heterocycles. The zero-order valence-electron chi connectivity index (χ0n) is 49.7. The van der Waals surface area contributed by atoms with E-state index in [0.717, 1.165) is 81.3 Å². The van der Waals surface area contributed by atoms with Crippen molar-refractivity contribution in [3.63, 3.8) is 0 Å². The number of rotatable bonds is 32. The molecule has 0 saturated heterocycles. The molecule has 83 heavy (non-hydrogen) atoms. The summed E-state index contributed by atoms with van der Waals surface area (Å²) in [5.74, 6) is -0.692. The fraction of sp³-hybridized carbons (Fsp3) is 0.351. The number of para-hydroxylation sites is 1. The van der Waals surface area contributed by atoms with Crippen LogP contribution in [0.1, 0.15) is 170 Å². The Hall–Kier alpha value is -7.70. The van der Waals surface area contributed by atoms with Crippen molar-refractivity contribution in [3.8, 4) is 39.1 Å². The number of hydrogen-bond acceptors (Lipinski definition) is 4. The lowest BCUT2D eigenvalue weighted by molar-refractivity contribution is -0.137. The molecule has 0 amide bonds. The number of nitrogens with zero attached hydrogens (tertiary/aromatic N) is 2. The maximum atomic E-state index is 11.1. The highest BCUT2D eigenvalue weighted by Crippen LogP contribution is 2.55. The van der Waals surface area contributed by atoms with Crippen molar-refractivity contribution in [1.82, 2.24) is 4.57 Å². The fourth-order valence-electron chi connectivity index (χ4n) is 13.3. The normalized spacial score (nSPS) is 13.6. The predicted octanol–water partition coefficient (Wildman–Crippen LogP) is 21.5. The van der Waals surface area contributed by atoms with E-state index >= 15 is 0 Å². The molecule has 1 aliphatic rings. The number of carbonyl (C=O) groups is 2. The van der Waals surface area contributed by atoms with Crippen LogP contribution in [0.4, 0.5) is 17.1 Å². The average Bonchev–Trinajstić information content (AvgIpc) is 3.71. The minimum atomic E-state index is -0.692. The van der Waals surface area contributed by atoms with Crippen LogP contribution in [0.2, 0.25) is 0 Å². The monoisotopic (exact) mass is 1100 g/mol. The molecule has 6 nitrogen and oxygen atoms in total. The molecule has 0 bridgehead atoms. The Morgan fingerprint density at radius 1 is 0.494 bits per heavy atom. The Morgan fingerprint density at radius 2 is 1.00 bits per heavy atom. The molecule has 1 unspecified atom stereocenters. The molecule has 1 atom stereocenters. The summed E-state index contributed by atoms with van der Waals surface area (Å²) in [5, 5.41) is 11.6. The second-order valence-corrected chi connectivity index (χ2v) is 23.8. The van der Waals surface area contributed by atoms with Crippen molar-refractivity contribution in [3.05, 3.63) is 204 Å². The molecule has 428 valence electrons. The van der Waals surface area contributed by atoms with Gasteiger partial charge < -0.3 is 19.3 Å². The van der Waals surface area contributed by atoms with E-state index in [4.69, 9.17) is 9.84 Å². The maximum absolute atomic E-state index is 11.1. The highest BCUT2D eigenvalue weighted by Gasteiger charge is 2.42. The van der Waals surface area contributed by atoms with Crippen LogP contribution in [0.3, 0.4) is 0 Å². The highest BCUT2D eigenvalue weighted by atomic mass is 16.5. The lowest BCUT2D eigenvalue weighted by atomic mass is 9.70. The number of carboxylic acids is 1. The van der Waals surface area contributed by atoms with Gasteiger partial charge in [-0.2, -0.15) is 0 Å². The number of fused-ring (bicyclic) bond motifs is 6. The van der Waals surface area contributed by atoms with Crippen molar-refractivity contribution < 1.29 is 19.4 Å². The summed E-state index contributed by atoms with van der Waals surface area (Å²) in [5.41, 5.74) is 21.5. The minimum absolute atomic E-state index is 0.0703. The number of carbonyl (C=O) groups excluding carboxylic acids is 1. The molecule has 0 saturated carbocycles. The van der Waals surface area contributed by atoms with Crippen molar-refractivity contribution >= 4 is 51.3 Å². The van der Waals surface area contributed by atoms with Gasteiger partial charge in [0.05, 0.1) is 17.6 Å². The molecule has 1 aromatic heterocycles. The van der Waals surface area contributed by atoms with Gasteiger partial charge in [0.2, 0.25) is 0 Å². The van der Waals surface area contributed by atoms with Gasteiger partial charge in [0, 0.05) is 45.4 Å². The van der Waals surface area contributed by atoms with Crippen LogP contribution < -0.4 is 4.90 Å². The lowest BCUT2D eigenvalue weighted by Crippen LogP contribution is -2.25. The van der Waals surface area contributed by atoms with E-state index in [1.807, 2.05) is 0 Å². The summed E-state index contributed by atoms with van der Waals surface area (Å²) in [4.78, 5) is 24.1. The number of aryl methyl sites for hydroxylation is 3. The fourth-order valence-corrected chi connectivity index (χ4v) is 13.3. The third-order valence-electron chi connectivity index (χ3n) is 17.8. The smallest absolute Gasteiger partial charge is 0.303 e. The number of ether oxygens (including phenoxy) is 1. The van der Waals surface area contributed by atoms with Gasteiger partial charge in [-0.3, -0.25) is 9.59 Å². The predicted molar refractivity (Wildman–Crippen MR) is 348 cm³/mol. The molecule has 1 aliphatic carbocycles. The molecule has 1 N–H and O–H groups in total. The van der Waals surface area contributed by atoms with Crippen LogP contribution in [0.25, 0.3) is 60.9 Å². The van der Waals surface area contributed by atoms with Gasteiger partial charge >= 0.3 is 5.97 Å². The minimum Gasteiger partial charge on any atom is -0.481 e. The van der Waals surface area contributed by atoms with Gasteiger partial charge in [-0.05, 0) is 175 Å². The number of anilines is 3. The van der Waals surface area contributed by atoms with Crippen molar-refractivity contribution in [2.75, 3.05) is 11.5 Å². The Kier molecular flexibility index (Phi) is 20.1. The SMILES string of the molecule is CCCCCCc1ccc(-n2c3ccccc3c3cc(-c4ccc(N(c5ccc(C)cc5)c5ccc(-c6ccc7c(c6)C(CCCCCCCCCOC=O)(CCCCCCCCCC(=O)O)c6cc(C)ccc6-7)cc5)cc4)ccc32)cc1. The van der Waals surface area contributed by atoms with E-state index in [0.29, 0.717) is 13.1 Å². The Balaban J connectivity index is 0.906. The quantitative estimate of drug-likeness (QED) is 0.0336. The van der Waals surface area contributed by atoms with E-state index in [-0.39, 0.29) is 11.8 Å². The van der Waals surface area contributed by atoms with E-state index in [1.165, 1.54) is 159 Å². The topological polar surface area (TPSA) is 71.8 Å². The van der Waals surface area contributed by atoms with Crippen molar-refractivity contribution in [2.24, 2.45) is 0 Å². The van der Waals surface area contributed by atoms with Crippen LogP contribution in [0.5, 0.6) is 0 Å². The van der Waals surface area contributed by atoms with Crippen LogP contribution in [-0.4, -0.2) is 28.7 Å². The van der Waals surface area contributed by atoms with Gasteiger partial charge in [0.15, 0.2) is 0 Å². The molecule has 10 rings (SSSR count). The summed E-state index contributed by atoms with van der Waals surface area (Å²) in [6, 6.07) is 66.7. The number of unbranched alkanes of at least 4 members (excludes halogenated alkanes) is 15. The highest BCUT2D eigenvalue weighted by molar-refractivity contribution is 6.10. The number of carboxylic acid groups (broad SMARTS) is 1. The largest absolute Gasteiger partial charge is 0.481 e. The molecular weight excluding hydrogens is 1020 g/mol. The first kappa shape index (κ1) is 58.5. The van der Waals surface area contributed by atoms with E-state index in [2.05, 4.69) is 206 Å². The Labute approximate surface area is 494 Å².